The summed E-state index contributed by atoms with van der Waals surface area (Å²) in [7, 11) is 0. The van der Waals surface area contributed by atoms with E-state index >= 15 is 0 Å². The highest BCUT2D eigenvalue weighted by Crippen LogP contribution is 2.37. The Labute approximate surface area is 157 Å². The first-order chi connectivity index (χ1) is 12.9. The molecule has 0 aliphatic carbocycles. The number of nitrogens with two attached hydrogens (primary N) is 1. The first-order valence-electron chi connectivity index (χ1n) is 7.83. The van der Waals surface area contributed by atoms with Gasteiger partial charge in [0, 0.05) is 11.8 Å². The van der Waals surface area contributed by atoms with Gasteiger partial charge < -0.3 is 20.7 Å². The molecule has 3 heterocycles. The largest absolute Gasteiger partial charge is 0.477 e. The minimum Gasteiger partial charge on any atom is -0.477 e. The normalized spacial score (nSPS) is 22.3. The smallest absolute Gasteiger partial charge is 0.352 e. The molecule has 3 atom stereocenters. The van der Waals surface area contributed by atoms with Gasteiger partial charge in [-0.15, -0.1) is 18.3 Å². The van der Waals surface area contributed by atoms with Crippen molar-refractivity contribution in [2.75, 3.05) is 18.1 Å². The molecule has 12 heteroatoms. The van der Waals surface area contributed by atoms with Gasteiger partial charge >= 0.3 is 5.97 Å². The molecule has 5 N–H and O–H groups in total. The van der Waals surface area contributed by atoms with Gasteiger partial charge in [0.2, 0.25) is 5.91 Å². The minimum atomic E-state index is -1.19. The molecular formula is C15H17N5O6S. The van der Waals surface area contributed by atoms with Crippen LogP contribution in [0.15, 0.2) is 35.0 Å². The number of rotatable bonds is 8. The Morgan fingerprint density at radius 2 is 2.41 bits per heavy atom. The van der Waals surface area contributed by atoms with Crippen LogP contribution < -0.4 is 16.5 Å². The van der Waals surface area contributed by atoms with E-state index in [1.165, 1.54) is 30.0 Å². The summed E-state index contributed by atoms with van der Waals surface area (Å²) in [6.07, 6.45) is 2.94. The topological polar surface area (TPSA) is 160 Å². The molecule has 27 heavy (non-hydrogen) atoms. The molecule has 1 aromatic heterocycles. The lowest BCUT2D eigenvalue weighted by atomic mass is 10.0. The number of nitrogens with one attached hydrogen (secondary N) is 2. The van der Waals surface area contributed by atoms with Gasteiger partial charge in [-0.05, 0) is 6.08 Å². The molecule has 2 aliphatic rings. The Kier molecular flexibility index (Phi) is 5.48. The van der Waals surface area contributed by atoms with Gasteiger partial charge in [-0.25, -0.2) is 4.79 Å². The molecule has 1 fully saturated rings. The second-order valence-corrected chi connectivity index (χ2v) is 6.77. The van der Waals surface area contributed by atoms with Gasteiger partial charge in [0.25, 0.3) is 5.91 Å². The summed E-state index contributed by atoms with van der Waals surface area (Å²) in [6.45, 7) is 3.62. The van der Waals surface area contributed by atoms with Gasteiger partial charge in [-0.2, -0.15) is 5.48 Å². The molecule has 3 rings (SSSR count). The zero-order valence-electron chi connectivity index (χ0n) is 14.0. The number of aliphatic carboxylic acids is 1. The standard InChI is InChI=1S/C15H17N5O6S/c1-2-4-25-19-10(8-6-9(16)18-26-8)12(21)17-11-13(22)20-7(15(23)24)3-5-27-14(11)20/h2-3,6,10-11,14,19H,1,4-5H2,(H2,16,18)(H,17,21)(H,23,24)/t10?,11?,14-/m0/s1. The quantitative estimate of drug-likeness (QED) is 0.193. The summed E-state index contributed by atoms with van der Waals surface area (Å²) in [4.78, 5) is 42.5. The first-order valence-corrected chi connectivity index (χ1v) is 8.87. The van der Waals surface area contributed by atoms with E-state index in [9.17, 15) is 19.5 Å². The summed E-state index contributed by atoms with van der Waals surface area (Å²) in [5, 5.41) is 14.8. The van der Waals surface area contributed by atoms with Gasteiger partial charge in [-0.1, -0.05) is 11.2 Å². The average Bonchev–Trinajstić information content (AvgIpc) is 3.08. The van der Waals surface area contributed by atoms with Gasteiger partial charge in [-0.3, -0.25) is 19.3 Å². The summed E-state index contributed by atoms with van der Waals surface area (Å²) in [6, 6.07) is -0.626. The van der Waals surface area contributed by atoms with Crippen molar-refractivity contribution >= 4 is 35.4 Å². The first kappa shape index (κ1) is 18.9. The average molecular weight is 395 g/mol. The lowest BCUT2D eigenvalue weighted by Gasteiger charge is -2.48. The van der Waals surface area contributed by atoms with E-state index in [0.717, 1.165) is 4.90 Å². The third-order valence-corrected chi connectivity index (χ3v) is 5.04. The second-order valence-electron chi connectivity index (χ2n) is 5.62. The van der Waals surface area contributed by atoms with Crippen molar-refractivity contribution in [3.8, 4) is 0 Å². The number of β-lactam (4-membered cyclic amide) rings is 1. The maximum atomic E-state index is 12.7. The number of hydrogen-bond donors (Lipinski definition) is 4. The van der Waals surface area contributed by atoms with Crippen LogP contribution in [0.1, 0.15) is 11.8 Å². The number of amides is 2. The maximum absolute atomic E-state index is 12.7. The number of carboxylic acid groups (broad SMARTS) is 1. The molecule has 0 saturated carbocycles. The van der Waals surface area contributed by atoms with Crippen molar-refractivity contribution < 1.29 is 28.9 Å². The second kappa shape index (κ2) is 7.82. The van der Waals surface area contributed by atoms with Crippen LogP contribution in [0.4, 0.5) is 5.82 Å². The van der Waals surface area contributed by atoms with E-state index in [1.54, 1.807) is 0 Å². The number of fused-ring (bicyclic) bond motifs is 1. The number of hydroxylamine groups is 1. The van der Waals surface area contributed by atoms with Crippen LogP contribution in [-0.4, -0.2) is 56.7 Å². The molecule has 11 nitrogen and oxygen atoms in total. The fourth-order valence-corrected chi connectivity index (χ4v) is 3.84. The molecule has 144 valence electrons. The van der Waals surface area contributed by atoms with Crippen LogP contribution in [0, 0.1) is 0 Å². The van der Waals surface area contributed by atoms with Gasteiger partial charge in [0.1, 0.15) is 17.1 Å². The molecule has 0 bridgehead atoms. The van der Waals surface area contributed by atoms with Crippen LogP contribution in [0.2, 0.25) is 0 Å². The number of carbonyl (C=O) groups excluding carboxylic acids is 2. The van der Waals surface area contributed by atoms with Crippen LogP contribution >= 0.6 is 11.8 Å². The van der Waals surface area contributed by atoms with Crippen molar-refractivity contribution in [3.63, 3.8) is 0 Å². The number of nitrogens with zero attached hydrogens (tertiary/aromatic N) is 2. The predicted molar refractivity (Wildman–Crippen MR) is 93.7 cm³/mol. The molecule has 2 amide bonds. The Morgan fingerprint density at radius 1 is 1.63 bits per heavy atom. The molecule has 0 aromatic carbocycles. The summed E-state index contributed by atoms with van der Waals surface area (Å²) in [5.74, 6) is -1.70. The molecular weight excluding hydrogens is 378 g/mol. The molecule has 0 radical (unpaired) electrons. The predicted octanol–water partition coefficient (Wildman–Crippen LogP) is -0.626. The number of thioether (sulfide) groups is 1. The lowest BCUT2D eigenvalue weighted by molar-refractivity contribution is -0.151. The highest BCUT2D eigenvalue weighted by atomic mass is 32.2. The van der Waals surface area contributed by atoms with Crippen molar-refractivity contribution in [3.05, 3.63) is 36.3 Å². The number of carbonyl (C=O) groups is 3. The summed E-state index contributed by atoms with van der Waals surface area (Å²) >= 11 is 1.35. The Balaban J connectivity index is 1.70. The monoisotopic (exact) mass is 395 g/mol. The third-order valence-electron chi connectivity index (χ3n) is 3.86. The van der Waals surface area contributed by atoms with E-state index in [0.29, 0.717) is 5.75 Å². The fraction of sp³-hybridized carbons (Fsp3) is 0.333. The highest BCUT2D eigenvalue weighted by molar-refractivity contribution is 8.00. The third kappa shape index (κ3) is 3.67. The maximum Gasteiger partial charge on any atom is 0.352 e. The van der Waals surface area contributed by atoms with Crippen LogP contribution in [0.3, 0.4) is 0 Å². The van der Waals surface area contributed by atoms with Crippen LogP contribution in [-0.2, 0) is 19.2 Å². The zero-order chi connectivity index (χ0) is 19.6. The number of aromatic nitrogens is 1. The number of anilines is 1. The van der Waals surface area contributed by atoms with Crippen molar-refractivity contribution in [1.82, 2.24) is 20.9 Å². The van der Waals surface area contributed by atoms with Crippen molar-refractivity contribution in [2.24, 2.45) is 0 Å². The number of hydrogen-bond acceptors (Lipinski definition) is 9. The molecule has 2 aliphatic heterocycles. The van der Waals surface area contributed by atoms with Crippen LogP contribution in [0.25, 0.3) is 0 Å². The Bertz CT molecular complexity index is 808. The minimum absolute atomic E-state index is 0.0817. The SMILES string of the molecule is C=CCONC(C(=O)NC1C(=O)N2C(C(=O)O)=CCS[C@@H]12)c1cc(N)no1. The Morgan fingerprint density at radius 3 is 3.04 bits per heavy atom. The number of carboxylic acids is 1. The molecule has 2 unspecified atom stereocenters. The lowest BCUT2D eigenvalue weighted by Crippen LogP contribution is -2.70. The van der Waals surface area contributed by atoms with E-state index in [4.69, 9.17) is 15.1 Å². The van der Waals surface area contributed by atoms with Crippen LogP contribution in [0.5, 0.6) is 0 Å². The van der Waals surface area contributed by atoms with E-state index in [2.05, 4.69) is 22.5 Å². The number of nitrogen functional groups attached to an aromatic ring is 1. The van der Waals surface area contributed by atoms with Gasteiger partial charge in [0.15, 0.2) is 17.6 Å². The molecule has 0 spiro atoms. The zero-order valence-corrected chi connectivity index (χ0v) is 14.8. The molecule has 1 aromatic rings. The summed E-state index contributed by atoms with van der Waals surface area (Å²) in [5.41, 5.74) is 7.94. The summed E-state index contributed by atoms with van der Waals surface area (Å²) < 4.78 is 5.00. The van der Waals surface area contributed by atoms with Gasteiger partial charge in [0.05, 0.1) is 6.61 Å². The van der Waals surface area contributed by atoms with Crippen molar-refractivity contribution in [1.29, 1.82) is 0 Å². The van der Waals surface area contributed by atoms with Crippen molar-refractivity contribution in [2.45, 2.75) is 17.5 Å². The highest BCUT2D eigenvalue weighted by Gasteiger charge is 2.53. The molecule has 1 saturated heterocycles. The fourth-order valence-electron chi connectivity index (χ4n) is 2.65. The van der Waals surface area contributed by atoms with E-state index in [1.807, 2.05) is 0 Å². The van der Waals surface area contributed by atoms with E-state index < -0.39 is 35.2 Å². The van der Waals surface area contributed by atoms with E-state index in [-0.39, 0.29) is 23.9 Å². The Hall–Kier alpha value is -2.83.